The standard InChI is InChI=1S/C13H15N3O4/c17-11-7-10(13(19)20)8-16(11)6-5-15-12(18)9-1-3-14-4-2-9/h1-4,10H,5-8H2,(H,15,18)(H,19,20). The Balaban J connectivity index is 1.78. The van der Waals surface area contributed by atoms with Crippen LogP contribution in [0.5, 0.6) is 0 Å². The van der Waals surface area contributed by atoms with E-state index in [0.29, 0.717) is 18.7 Å². The molecule has 1 atom stereocenters. The summed E-state index contributed by atoms with van der Waals surface area (Å²) in [6.07, 6.45) is 3.08. The second-order valence-corrected chi connectivity index (χ2v) is 4.57. The number of likely N-dealkylation sites (tertiary alicyclic amines) is 1. The van der Waals surface area contributed by atoms with E-state index in [0.717, 1.165) is 0 Å². The van der Waals surface area contributed by atoms with Gasteiger partial charge in [0.15, 0.2) is 0 Å². The summed E-state index contributed by atoms with van der Waals surface area (Å²) in [6.45, 7) is 0.817. The fraction of sp³-hybridized carbons (Fsp3) is 0.385. The van der Waals surface area contributed by atoms with Gasteiger partial charge in [-0.2, -0.15) is 0 Å². The number of hydrogen-bond donors (Lipinski definition) is 2. The highest BCUT2D eigenvalue weighted by atomic mass is 16.4. The summed E-state index contributed by atoms with van der Waals surface area (Å²) < 4.78 is 0. The van der Waals surface area contributed by atoms with E-state index >= 15 is 0 Å². The van der Waals surface area contributed by atoms with Crippen LogP contribution in [0, 0.1) is 5.92 Å². The number of hydrogen-bond acceptors (Lipinski definition) is 4. The van der Waals surface area contributed by atoms with Gasteiger partial charge in [-0.15, -0.1) is 0 Å². The molecule has 2 amide bonds. The molecule has 1 unspecified atom stereocenters. The minimum Gasteiger partial charge on any atom is -0.481 e. The first-order valence-electron chi connectivity index (χ1n) is 6.26. The molecule has 2 rings (SSSR count). The average molecular weight is 277 g/mol. The van der Waals surface area contributed by atoms with E-state index in [-0.39, 0.29) is 24.8 Å². The molecule has 20 heavy (non-hydrogen) atoms. The van der Waals surface area contributed by atoms with Crippen LogP contribution in [0.1, 0.15) is 16.8 Å². The zero-order chi connectivity index (χ0) is 14.5. The summed E-state index contributed by atoms with van der Waals surface area (Å²) in [5, 5.41) is 11.5. The number of carbonyl (C=O) groups excluding carboxylic acids is 2. The van der Waals surface area contributed by atoms with Gasteiger partial charge in [0.1, 0.15) is 0 Å². The smallest absolute Gasteiger partial charge is 0.308 e. The minimum absolute atomic E-state index is 0.0354. The molecule has 106 valence electrons. The first-order chi connectivity index (χ1) is 9.58. The summed E-state index contributed by atoms with van der Waals surface area (Å²) >= 11 is 0. The summed E-state index contributed by atoms with van der Waals surface area (Å²) in [5.74, 6) is -2.02. The Kier molecular flexibility index (Phi) is 4.29. The topological polar surface area (TPSA) is 99.6 Å². The normalized spacial score (nSPS) is 18.1. The number of rotatable bonds is 5. The molecular formula is C13H15N3O4. The average Bonchev–Trinajstić information content (AvgIpc) is 2.81. The van der Waals surface area contributed by atoms with E-state index in [1.807, 2.05) is 0 Å². The molecule has 0 spiro atoms. The molecule has 2 heterocycles. The van der Waals surface area contributed by atoms with Gasteiger partial charge in [0, 0.05) is 44.0 Å². The van der Waals surface area contributed by atoms with Gasteiger partial charge in [0.2, 0.25) is 5.91 Å². The Morgan fingerprint density at radius 3 is 2.70 bits per heavy atom. The third kappa shape index (κ3) is 3.31. The Morgan fingerprint density at radius 2 is 2.10 bits per heavy atom. The number of pyridine rings is 1. The number of carboxylic acid groups (broad SMARTS) is 1. The van der Waals surface area contributed by atoms with E-state index < -0.39 is 11.9 Å². The lowest BCUT2D eigenvalue weighted by molar-refractivity contribution is -0.141. The van der Waals surface area contributed by atoms with Crippen molar-refractivity contribution in [2.75, 3.05) is 19.6 Å². The van der Waals surface area contributed by atoms with Crippen LogP contribution in [0.2, 0.25) is 0 Å². The Labute approximate surface area is 115 Å². The van der Waals surface area contributed by atoms with Gasteiger partial charge in [0.05, 0.1) is 5.92 Å². The minimum atomic E-state index is -0.957. The molecule has 0 radical (unpaired) electrons. The Hall–Kier alpha value is -2.44. The van der Waals surface area contributed by atoms with Crippen LogP contribution in [0.3, 0.4) is 0 Å². The molecule has 0 aromatic carbocycles. The van der Waals surface area contributed by atoms with Crippen molar-refractivity contribution in [1.29, 1.82) is 0 Å². The summed E-state index contributed by atoms with van der Waals surface area (Å²) in [4.78, 5) is 39.4. The van der Waals surface area contributed by atoms with Crippen molar-refractivity contribution in [3.63, 3.8) is 0 Å². The third-order valence-corrected chi connectivity index (χ3v) is 3.17. The van der Waals surface area contributed by atoms with Gasteiger partial charge >= 0.3 is 5.97 Å². The lowest BCUT2D eigenvalue weighted by Gasteiger charge is -2.16. The van der Waals surface area contributed by atoms with E-state index in [1.54, 1.807) is 12.1 Å². The number of amides is 2. The van der Waals surface area contributed by atoms with Gasteiger partial charge in [0.25, 0.3) is 5.91 Å². The maximum Gasteiger partial charge on any atom is 0.308 e. The SMILES string of the molecule is O=C(NCCN1CC(C(=O)O)CC1=O)c1ccncc1. The Bertz CT molecular complexity index is 518. The number of aromatic nitrogens is 1. The fourth-order valence-electron chi connectivity index (χ4n) is 2.06. The highest BCUT2D eigenvalue weighted by Gasteiger charge is 2.33. The van der Waals surface area contributed by atoms with Crippen molar-refractivity contribution >= 4 is 17.8 Å². The summed E-state index contributed by atoms with van der Waals surface area (Å²) in [6, 6.07) is 3.19. The molecule has 2 N–H and O–H groups in total. The zero-order valence-corrected chi connectivity index (χ0v) is 10.8. The molecule has 7 heteroatoms. The first-order valence-corrected chi connectivity index (χ1v) is 6.26. The molecule has 1 saturated heterocycles. The van der Waals surface area contributed by atoms with E-state index in [2.05, 4.69) is 10.3 Å². The molecule has 7 nitrogen and oxygen atoms in total. The molecule has 1 aliphatic rings. The quantitative estimate of drug-likeness (QED) is 0.772. The maximum absolute atomic E-state index is 11.7. The second kappa shape index (κ2) is 6.14. The van der Waals surface area contributed by atoms with Gasteiger partial charge in [-0.3, -0.25) is 19.4 Å². The van der Waals surface area contributed by atoms with Crippen LogP contribution in [0.15, 0.2) is 24.5 Å². The second-order valence-electron chi connectivity index (χ2n) is 4.57. The molecular weight excluding hydrogens is 262 g/mol. The van der Waals surface area contributed by atoms with Crippen molar-refractivity contribution in [2.45, 2.75) is 6.42 Å². The number of carboxylic acids is 1. The Morgan fingerprint density at radius 1 is 1.40 bits per heavy atom. The maximum atomic E-state index is 11.7. The van der Waals surface area contributed by atoms with Crippen molar-refractivity contribution in [3.8, 4) is 0 Å². The fourth-order valence-corrected chi connectivity index (χ4v) is 2.06. The highest BCUT2D eigenvalue weighted by molar-refractivity contribution is 5.94. The van der Waals surface area contributed by atoms with E-state index in [9.17, 15) is 14.4 Å². The summed E-state index contributed by atoms with van der Waals surface area (Å²) in [5.41, 5.74) is 0.496. The zero-order valence-electron chi connectivity index (χ0n) is 10.8. The molecule has 1 fully saturated rings. The van der Waals surface area contributed by atoms with Gasteiger partial charge in [-0.25, -0.2) is 0 Å². The van der Waals surface area contributed by atoms with Crippen LogP contribution < -0.4 is 5.32 Å². The van der Waals surface area contributed by atoms with Crippen molar-refractivity contribution in [2.24, 2.45) is 5.92 Å². The lowest BCUT2D eigenvalue weighted by Crippen LogP contribution is -2.36. The lowest BCUT2D eigenvalue weighted by atomic mass is 10.1. The molecule has 0 bridgehead atoms. The van der Waals surface area contributed by atoms with Crippen molar-refractivity contribution in [1.82, 2.24) is 15.2 Å². The molecule has 0 aliphatic carbocycles. The third-order valence-electron chi connectivity index (χ3n) is 3.17. The monoisotopic (exact) mass is 277 g/mol. The van der Waals surface area contributed by atoms with Crippen molar-refractivity contribution in [3.05, 3.63) is 30.1 Å². The van der Waals surface area contributed by atoms with Gasteiger partial charge < -0.3 is 15.3 Å². The van der Waals surface area contributed by atoms with Gasteiger partial charge in [-0.05, 0) is 12.1 Å². The van der Waals surface area contributed by atoms with Crippen LogP contribution in [-0.2, 0) is 9.59 Å². The number of carbonyl (C=O) groups is 3. The van der Waals surface area contributed by atoms with Crippen LogP contribution >= 0.6 is 0 Å². The van der Waals surface area contributed by atoms with Crippen LogP contribution in [0.25, 0.3) is 0 Å². The molecule has 1 aromatic rings. The largest absolute Gasteiger partial charge is 0.481 e. The van der Waals surface area contributed by atoms with Gasteiger partial charge in [-0.1, -0.05) is 0 Å². The van der Waals surface area contributed by atoms with Crippen LogP contribution in [0.4, 0.5) is 0 Å². The van der Waals surface area contributed by atoms with Crippen molar-refractivity contribution < 1.29 is 19.5 Å². The van der Waals surface area contributed by atoms with E-state index in [1.165, 1.54) is 17.3 Å². The van der Waals surface area contributed by atoms with Crippen LogP contribution in [-0.4, -0.2) is 52.4 Å². The number of nitrogens with zero attached hydrogens (tertiary/aromatic N) is 2. The molecule has 1 aliphatic heterocycles. The van der Waals surface area contributed by atoms with E-state index in [4.69, 9.17) is 5.11 Å². The molecule has 1 aromatic heterocycles. The predicted molar refractivity (Wildman–Crippen MR) is 68.9 cm³/mol. The molecule has 0 saturated carbocycles. The highest BCUT2D eigenvalue weighted by Crippen LogP contribution is 2.17. The first kappa shape index (κ1) is 14.0. The predicted octanol–water partition coefficient (Wildman–Crippen LogP) is -0.255. The number of aliphatic carboxylic acids is 1. The number of nitrogens with one attached hydrogen (secondary N) is 1. The summed E-state index contributed by atoms with van der Waals surface area (Å²) in [7, 11) is 0.